The molecular formula is C25H29N3O3S. The number of piperidine rings is 1. The standard InChI is InChI=1S/C25H29N3O3S/c1-17-25(18(2)27-26-17)32(29,30)16-28-21-10-11-22(28)15-24(14-21)31-23-12-8-20(9-13-23)19-6-4-3-5-7-19/h3-9,12-13,21-22,24H,10-11,14-16H2,1-2H3,(H,26,27)/t21-,22+,24?. The third-order valence-electron chi connectivity index (χ3n) is 6.80. The van der Waals surface area contributed by atoms with E-state index in [1.54, 1.807) is 13.8 Å². The summed E-state index contributed by atoms with van der Waals surface area (Å²) in [6, 6.07) is 19.0. The number of aromatic nitrogens is 2. The fourth-order valence-electron chi connectivity index (χ4n) is 5.34. The Hall–Kier alpha value is -2.64. The van der Waals surface area contributed by atoms with Gasteiger partial charge in [0.05, 0.1) is 11.4 Å². The van der Waals surface area contributed by atoms with E-state index in [9.17, 15) is 8.42 Å². The van der Waals surface area contributed by atoms with Crippen LogP contribution < -0.4 is 4.74 Å². The molecule has 1 unspecified atom stereocenters. The van der Waals surface area contributed by atoms with Crippen LogP contribution in [0.2, 0.25) is 0 Å². The first-order chi connectivity index (χ1) is 15.4. The summed E-state index contributed by atoms with van der Waals surface area (Å²) in [5.74, 6) is 0.932. The van der Waals surface area contributed by atoms with Gasteiger partial charge in [-0.2, -0.15) is 5.10 Å². The maximum atomic E-state index is 13.1. The molecule has 1 N–H and O–H groups in total. The van der Waals surface area contributed by atoms with E-state index in [1.807, 2.05) is 30.3 Å². The molecule has 0 saturated carbocycles. The number of nitrogens with one attached hydrogen (secondary N) is 1. The van der Waals surface area contributed by atoms with Crippen molar-refractivity contribution in [3.05, 3.63) is 66.0 Å². The highest BCUT2D eigenvalue weighted by Gasteiger charge is 2.43. The molecule has 168 valence electrons. The Kier molecular flexibility index (Phi) is 5.55. The SMILES string of the molecule is Cc1n[nH]c(C)c1S(=O)(=O)CN1[C@@H]2CC[C@H]1CC(Oc1ccc(-c3ccccc3)cc1)C2. The fourth-order valence-corrected chi connectivity index (χ4v) is 7.29. The molecule has 2 aromatic carbocycles. The van der Waals surface area contributed by atoms with Gasteiger partial charge >= 0.3 is 0 Å². The third-order valence-corrected chi connectivity index (χ3v) is 8.66. The summed E-state index contributed by atoms with van der Waals surface area (Å²) in [4.78, 5) is 2.54. The molecule has 0 radical (unpaired) electrons. The molecule has 2 fully saturated rings. The summed E-state index contributed by atoms with van der Waals surface area (Å²) in [6.07, 6.45) is 3.88. The predicted molar refractivity (Wildman–Crippen MR) is 124 cm³/mol. The second-order valence-electron chi connectivity index (χ2n) is 9.01. The summed E-state index contributed by atoms with van der Waals surface area (Å²) >= 11 is 0. The first-order valence-corrected chi connectivity index (χ1v) is 12.9. The number of hydrogen-bond acceptors (Lipinski definition) is 5. The van der Waals surface area contributed by atoms with Gasteiger partial charge in [0.1, 0.15) is 22.6 Å². The molecular weight excluding hydrogens is 422 g/mol. The smallest absolute Gasteiger partial charge is 0.195 e. The van der Waals surface area contributed by atoms with Gasteiger partial charge in [-0.3, -0.25) is 10.00 Å². The molecule has 7 heteroatoms. The number of H-pyrrole nitrogens is 1. The number of aromatic amines is 1. The number of fused-ring (bicyclic) bond motifs is 2. The Morgan fingerprint density at radius 3 is 2.19 bits per heavy atom. The zero-order valence-electron chi connectivity index (χ0n) is 18.5. The van der Waals surface area contributed by atoms with E-state index in [0.29, 0.717) is 16.3 Å². The van der Waals surface area contributed by atoms with Crippen LogP contribution in [-0.4, -0.2) is 47.6 Å². The average Bonchev–Trinajstić information content (AvgIpc) is 3.23. The van der Waals surface area contributed by atoms with Crippen LogP contribution in [0.4, 0.5) is 0 Å². The van der Waals surface area contributed by atoms with Gasteiger partial charge < -0.3 is 4.74 Å². The number of hydrogen-bond donors (Lipinski definition) is 1. The molecule has 0 spiro atoms. The molecule has 32 heavy (non-hydrogen) atoms. The quantitative estimate of drug-likeness (QED) is 0.597. The van der Waals surface area contributed by atoms with E-state index < -0.39 is 9.84 Å². The van der Waals surface area contributed by atoms with Crippen LogP contribution in [0.5, 0.6) is 5.75 Å². The van der Waals surface area contributed by atoms with Crippen molar-refractivity contribution in [2.24, 2.45) is 0 Å². The maximum absolute atomic E-state index is 13.1. The number of aryl methyl sites for hydroxylation is 2. The molecule has 3 atom stereocenters. The number of benzene rings is 2. The van der Waals surface area contributed by atoms with Gasteiger partial charge in [0.15, 0.2) is 9.84 Å². The highest BCUT2D eigenvalue weighted by atomic mass is 32.2. The number of sulfone groups is 1. The van der Waals surface area contributed by atoms with Gasteiger partial charge in [0.2, 0.25) is 0 Å². The van der Waals surface area contributed by atoms with E-state index in [4.69, 9.17) is 4.74 Å². The lowest BCUT2D eigenvalue weighted by Gasteiger charge is -2.38. The van der Waals surface area contributed by atoms with Crippen LogP contribution in [0.15, 0.2) is 59.5 Å². The van der Waals surface area contributed by atoms with E-state index >= 15 is 0 Å². The molecule has 3 aromatic rings. The average molecular weight is 452 g/mol. The number of ether oxygens (including phenoxy) is 1. The van der Waals surface area contributed by atoms with Crippen LogP contribution in [0, 0.1) is 13.8 Å². The van der Waals surface area contributed by atoms with Gasteiger partial charge in [-0.1, -0.05) is 42.5 Å². The van der Waals surface area contributed by atoms with Crippen molar-refractivity contribution in [1.82, 2.24) is 15.1 Å². The molecule has 6 nitrogen and oxygen atoms in total. The number of rotatable bonds is 6. The maximum Gasteiger partial charge on any atom is 0.195 e. The van der Waals surface area contributed by atoms with Crippen molar-refractivity contribution >= 4 is 9.84 Å². The van der Waals surface area contributed by atoms with E-state index in [-0.39, 0.29) is 24.1 Å². The monoisotopic (exact) mass is 451 g/mol. The Balaban J connectivity index is 1.24. The summed E-state index contributed by atoms with van der Waals surface area (Å²) in [5, 5.41) is 6.87. The fraction of sp³-hybridized carbons (Fsp3) is 0.400. The third kappa shape index (κ3) is 4.07. The lowest BCUT2D eigenvalue weighted by molar-refractivity contribution is 0.0609. The van der Waals surface area contributed by atoms with Crippen LogP contribution >= 0.6 is 0 Å². The van der Waals surface area contributed by atoms with Crippen molar-refractivity contribution in [2.75, 3.05) is 5.88 Å². The molecule has 0 amide bonds. The first-order valence-electron chi connectivity index (χ1n) is 11.2. The Labute approximate surface area is 189 Å². The summed E-state index contributed by atoms with van der Waals surface area (Å²) in [7, 11) is -3.42. The highest BCUT2D eigenvalue weighted by molar-refractivity contribution is 7.91. The first kappa shape index (κ1) is 21.2. The predicted octanol–water partition coefficient (Wildman–Crippen LogP) is 4.50. The van der Waals surface area contributed by atoms with Crippen molar-refractivity contribution in [3.8, 4) is 16.9 Å². The molecule has 2 aliphatic heterocycles. The molecule has 2 bridgehead atoms. The number of nitrogens with zero attached hydrogens (tertiary/aromatic N) is 2. The van der Waals surface area contributed by atoms with Gasteiger partial charge in [0, 0.05) is 12.1 Å². The summed E-state index contributed by atoms with van der Waals surface area (Å²) in [6.45, 7) is 3.51. The highest BCUT2D eigenvalue weighted by Crippen LogP contribution is 2.38. The van der Waals surface area contributed by atoms with Crippen molar-refractivity contribution in [3.63, 3.8) is 0 Å². The Morgan fingerprint density at radius 2 is 1.59 bits per heavy atom. The normalized spacial score (nSPS) is 23.4. The second kappa shape index (κ2) is 8.37. The van der Waals surface area contributed by atoms with E-state index in [1.165, 1.54) is 11.1 Å². The Bertz CT molecular complexity index is 1160. The summed E-state index contributed by atoms with van der Waals surface area (Å²) in [5.41, 5.74) is 3.52. The zero-order valence-corrected chi connectivity index (χ0v) is 19.3. The lowest BCUT2D eigenvalue weighted by atomic mass is 10.0. The lowest BCUT2D eigenvalue weighted by Crippen LogP contribution is -2.48. The molecule has 1 aromatic heterocycles. The largest absolute Gasteiger partial charge is 0.490 e. The van der Waals surface area contributed by atoms with Gasteiger partial charge in [0.25, 0.3) is 0 Å². The van der Waals surface area contributed by atoms with Gasteiger partial charge in [-0.25, -0.2) is 8.42 Å². The van der Waals surface area contributed by atoms with Crippen molar-refractivity contribution < 1.29 is 13.2 Å². The second-order valence-corrected chi connectivity index (χ2v) is 10.9. The van der Waals surface area contributed by atoms with Gasteiger partial charge in [-0.05, 0) is 62.8 Å². The van der Waals surface area contributed by atoms with Gasteiger partial charge in [-0.15, -0.1) is 0 Å². The zero-order chi connectivity index (χ0) is 22.3. The van der Waals surface area contributed by atoms with Crippen molar-refractivity contribution in [2.45, 2.75) is 62.6 Å². The van der Waals surface area contributed by atoms with E-state index in [2.05, 4.69) is 39.4 Å². The van der Waals surface area contributed by atoms with Crippen molar-refractivity contribution in [1.29, 1.82) is 0 Å². The molecule has 0 aliphatic carbocycles. The van der Waals surface area contributed by atoms with Crippen LogP contribution in [-0.2, 0) is 9.84 Å². The molecule has 2 aliphatic rings. The van der Waals surface area contributed by atoms with Crippen LogP contribution in [0.25, 0.3) is 11.1 Å². The summed E-state index contributed by atoms with van der Waals surface area (Å²) < 4.78 is 32.5. The van der Waals surface area contributed by atoms with E-state index in [0.717, 1.165) is 31.4 Å². The molecule has 2 saturated heterocycles. The Morgan fingerprint density at radius 1 is 0.969 bits per heavy atom. The molecule has 5 rings (SSSR count). The molecule has 3 heterocycles. The van der Waals surface area contributed by atoms with Crippen LogP contribution in [0.3, 0.4) is 0 Å². The minimum absolute atomic E-state index is 0.0576. The minimum Gasteiger partial charge on any atom is -0.490 e. The minimum atomic E-state index is -3.42. The van der Waals surface area contributed by atoms with Crippen LogP contribution in [0.1, 0.15) is 37.1 Å². The topological polar surface area (TPSA) is 75.3 Å².